The molecule has 5 heteroatoms. The van der Waals surface area contributed by atoms with Gasteiger partial charge < -0.3 is 24.3 Å². The van der Waals surface area contributed by atoms with Crippen LogP contribution in [0.2, 0.25) is 0 Å². The van der Waals surface area contributed by atoms with E-state index in [4.69, 9.17) is 18.9 Å². The molecule has 5 nitrogen and oxygen atoms in total. The topological polar surface area (TPSA) is 49.0 Å². The van der Waals surface area contributed by atoms with Crippen molar-refractivity contribution in [3.8, 4) is 17.2 Å². The lowest BCUT2D eigenvalue weighted by Gasteiger charge is -2.27. The Morgan fingerprint density at radius 3 is 2.33 bits per heavy atom. The van der Waals surface area contributed by atoms with E-state index in [-0.39, 0.29) is 0 Å². The summed E-state index contributed by atoms with van der Waals surface area (Å²) < 4.78 is 21.1. The Kier molecular flexibility index (Phi) is 4.28. The number of methoxy groups -OCH3 is 3. The maximum Gasteiger partial charge on any atom is 0.203 e. The molecule has 18 heavy (non-hydrogen) atoms. The largest absolute Gasteiger partial charge is 0.493 e. The Morgan fingerprint density at radius 1 is 1.11 bits per heavy atom. The molecule has 1 N–H and O–H groups in total. The monoisotopic (exact) mass is 253 g/mol. The van der Waals surface area contributed by atoms with Crippen molar-refractivity contribution in [2.75, 3.05) is 34.5 Å². The van der Waals surface area contributed by atoms with E-state index in [9.17, 15) is 0 Å². The molecule has 0 aliphatic carbocycles. The second kappa shape index (κ2) is 5.93. The number of benzene rings is 1. The van der Waals surface area contributed by atoms with Crippen LogP contribution in [0.15, 0.2) is 12.1 Å². The molecule has 1 aliphatic rings. The van der Waals surface area contributed by atoms with Crippen LogP contribution in [0.25, 0.3) is 0 Å². The van der Waals surface area contributed by atoms with Gasteiger partial charge in [0.05, 0.1) is 40.6 Å². The predicted molar refractivity (Wildman–Crippen MR) is 67.5 cm³/mol. The standard InChI is InChI=1S/C13H19NO4/c1-15-11-5-4-9(6-14-10-7-18-8-10)12(16-2)13(11)17-3/h4-5,10,14H,6-8H2,1-3H3. The molecule has 100 valence electrons. The predicted octanol–water partition coefficient (Wildman–Crippen LogP) is 1.20. The Balaban J connectivity index is 2.17. The summed E-state index contributed by atoms with van der Waals surface area (Å²) in [4.78, 5) is 0. The van der Waals surface area contributed by atoms with Crippen LogP contribution in [-0.4, -0.2) is 40.6 Å². The zero-order valence-electron chi connectivity index (χ0n) is 11.0. The second-order valence-electron chi connectivity index (χ2n) is 4.11. The second-order valence-corrected chi connectivity index (χ2v) is 4.11. The van der Waals surface area contributed by atoms with Gasteiger partial charge in [-0.15, -0.1) is 0 Å². The fraction of sp³-hybridized carbons (Fsp3) is 0.538. The zero-order valence-corrected chi connectivity index (χ0v) is 11.0. The number of rotatable bonds is 6. The third kappa shape index (κ3) is 2.52. The van der Waals surface area contributed by atoms with Crippen molar-refractivity contribution in [1.29, 1.82) is 0 Å². The van der Waals surface area contributed by atoms with E-state index in [2.05, 4.69) is 5.32 Å². The summed E-state index contributed by atoms with van der Waals surface area (Å²) in [5.41, 5.74) is 1.04. The highest BCUT2D eigenvalue weighted by atomic mass is 16.5. The van der Waals surface area contributed by atoms with Gasteiger partial charge >= 0.3 is 0 Å². The minimum atomic E-state index is 0.433. The molecular weight excluding hydrogens is 234 g/mol. The highest BCUT2D eigenvalue weighted by Crippen LogP contribution is 2.39. The molecule has 1 aliphatic heterocycles. The SMILES string of the molecule is COc1ccc(CNC2COC2)c(OC)c1OC. The fourth-order valence-corrected chi connectivity index (χ4v) is 1.91. The molecule has 2 rings (SSSR count). The van der Waals surface area contributed by atoms with E-state index in [1.165, 1.54) is 0 Å². The molecule has 0 bridgehead atoms. The Labute approximate surface area is 107 Å². The van der Waals surface area contributed by atoms with Gasteiger partial charge in [0, 0.05) is 12.1 Å². The lowest BCUT2D eigenvalue weighted by atomic mass is 10.1. The van der Waals surface area contributed by atoms with E-state index in [0.717, 1.165) is 25.3 Å². The van der Waals surface area contributed by atoms with Gasteiger partial charge in [-0.2, -0.15) is 0 Å². The van der Waals surface area contributed by atoms with E-state index in [0.29, 0.717) is 23.3 Å². The molecule has 1 aromatic carbocycles. The lowest BCUT2D eigenvalue weighted by molar-refractivity contribution is -0.00585. The van der Waals surface area contributed by atoms with Crippen LogP contribution in [-0.2, 0) is 11.3 Å². The summed E-state index contributed by atoms with van der Waals surface area (Å²) in [6.45, 7) is 2.27. The quantitative estimate of drug-likeness (QED) is 0.825. The normalized spacial score (nSPS) is 15.1. The van der Waals surface area contributed by atoms with Gasteiger partial charge in [-0.05, 0) is 6.07 Å². The van der Waals surface area contributed by atoms with E-state index in [1.54, 1.807) is 21.3 Å². The van der Waals surface area contributed by atoms with Crippen LogP contribution in [0.5, 0.6) is 17.2 Å². The molecule has 1 aromatic rings. The molecule has 0 atom stereocenters. The molecule has 1 fully saturated rings. The summed E-state index contributed by atoms with van der Waals surface area (Å²) in [5, 5.41) is 3.40. The highest BCUT2D eigenvalue weighted by molar-refractivity contribution is 5.55. The first kappa shape index (κ1) is 13.0. The van der Waals surface area contributed by atoms with Gasteiger partial charge in [0.25, 0.3) is 0 Å². The van der Waals surface area contributed by atoms with Gasteiger partial charge in [-0.25, -0.2) is 0 Å². The Bertz CT molecular complexity index is 404. The summed E-state index contributed by atoms with van der Waals surface area (Å²) >= 11 is 0. The Morgan fingerprint density at radius 2 is 1.83 bits per heavy atom. The van der Waals surface area contributed by atoms with Crippen LogP contribution in [0.4, 0.5) is 0 Å². The third-order valence-corrected chi connectivity index (χ3v) is 3.00. The first-order chi connectivity index (χ1) is 8.80. The fourth-order valence-electron chi connectivity index (χ4n) is 1.91. The molecule has 0 amide bonds. The van der Waals surface area contributed by atoms with E-state index < -0.39 is 0 Å². The first-order valence-corrected chi connectivity index (χ1v) is 5.89. The number of hydrogen-bond acceptors (Lipinski definition) is 5. The van der Waals surface area contributed by atoms with Crippen molar-refractivity contribution < 1.29 is 18.9 Å². The smallest absolute Gasteiger partial charge is 0.203 e. The molecule has 1 heterocycles. The first-order valence-electron chi connectivity index (χ1n) is 5.89. The summed E-state index contributed by atoms with van der Waals surface area (Å²) in [6.07, 6.45) is 0. The number of hydrogen-bond donors (Lipinski definition) is 1. The zero-order chi connectivity index (χ0) is 13.0. The summed E-state index contributed by atoms with van der Waals surface area (Å²) in [6, 6.07) is 4.30. The highest BCUT2D eigenvalue weighted by Gasteiger charge is 2.20. The van der Waals surface area contributed by atoms with Crippen molar-refractivity contribution in [3.05, 3.63) is 17.7 Å². The molecule has 0 aromatic heterocycles. The van der Waals surface area contributed by atoms with E-state index >= 15 is 0 Å². The molecule has 1 saturated heterocycles. The molecule has 0 unspecified atom stereocenters. The Hall–Kier alpha value is -1.46. The van der Waals surface area contributed by atoms with Crippen molar-refractivity contribution in [2.24, 2.45) is 0 Å². The number of ether oxygens (including phenoxy) is 4. The maximum atomic E-state index is 5.42. The van der Waals surface area contributed by atoms with Crippen molar-refractivity contribution in [1.82, 2.24) is 5.32 Å². The van der Waals surface area contributed by atoms with Crippen LogP contribution in [0, 0.1) is 0 Å². The van der Waals surface area contributed by atoms with Crippen LogP contribution >= 0.6 is 0 Å². The van der Waals surface area contributed by atoms with Crippen molar-refractivity contribution in [2.45, 2.75) is 12.6 Å². The van der Waals surface area contributed by atoms with Gasteiger partial charge in [-0.3, -0.25) is 0 Å². The van der Waals surface area contributed by atoms with Crippen molar-refractivity contribution in [3.63, 3.8) is 0 Å². The number of nitrogens with one attached hydrogen (secondary N) is 1. The van der Waals surface area contributed by atoms with Crippen LogP contribution in [0.1, 0.15) is 5.56 Å². The van der Waals surface area contributed by atoms with Gasteiger partial charge in [0.2, 0.25) is 5.75 Å². The third-order valence-electron chi connectivity index (χ3n) is 3.00. The van der Waals surface area contributed by atoms with Crippen molar-refractivity contribution >= 4 is 0 Å². The molecular formula is C13H19NO4. The van der Waals surface area contributed by atoms with Crippen LogP contribution < -0.4 is 19.5 Å². The summed E-state index contributed by atoms with van der Waals surface area (Å²) in [5.74, 6) is 2.01. The van der Waals surface area contributed by atoms with Gasteiger partial charge in [-0.1, -0.05) is 6.07 Å². The average molecular weight is 253 g/mol. The lowest BCUT2D eigenvalue weighted by Crippen LogP contribution is -2.45. The van der Waals surface area contributed by atoms with E-state index in [1.807, 2.05) is 12.1 Å². The minimum Gasteiger partial charge on any atom is -0.493 e. The average Bonchev–Trinajstić information content (AvgIpc) is 2.35. The maximum absolute atomic E-state index is 5.42. The summed E-state index contributed by atoms with van der Waals surface area (Å²) in [7, 11) is 4.85. The minimum absolute atomic E-state index is 0.433. The van der Waals surface area contributed by atoms with Gasteiger partial charge in [0.15, 0.2) is 11.5 Å². The molecule has 0 radical (unpaired) electrons. The molecule has 0 spiro atoms. The van der Waals surface area contributed by atoms with Crippen LogP contribution in [0.3, 0.4) is 0 Å². The van der Waals surface area contributed by atoms with Gasteiger partial charge in [0.1, 0.15) is 0 Å². The molecule has 0 saturated carbocycles.